The summed E-state index contributed by atoms with van der Waals surface area (Å²) in [6, 6.07) is 32.0. The summed E-state index contributed by atoms with van der Waals surface area (Å²) in [6.45, 7) is 7.30. The van der Waals surface area contributed by atoms with Crippen LogP contribution >= 0.6 is 0 Å². The third-order valence-electron chi connectivity index (χ3n) is 8.21. The molecule has 0 amide bonds. The van der Waals surface area contributed by atoms with Crippen LogP contribution in [0.25, 0.3) is 22.3 Å². The van der Waals surface area contributed by atoms with Crippen LogP contribution in [-0.2, 0) is 10.1 Å². The second-order valence-electron chi connectivity index (χ2n) is 10.8. The Morgan fingerprint density at radius 2 is 1.25 bits per heavy atom. The van der Waals surface area contributed by atoms with Gasteiger partial charge in [0, 0.05) is 0 Å². The van der Waals surface area contributed by atoms with Crippen LogP contribution in [0.2, 0.25) is 0 Å². The van der Waals surface area contributed by atoms with E-state index in [2.05, 4.69) is 84.9 Å². The predicted octanol–water partition coefficient (Wildman–Crippen LogP) is 5.71. The third kappa shape index (κ3) is 3.00. The van der Waals surface area contributed by atoms with E-state index in [1.807, 2.05) is 19.9 Å². The van der Waals surface area contributed by atoms with Gasteiger partial charge in [-0.3, -0.25) is 0 Å². The first-order valence-corrected chi connectivity index (χ1v) is 12.3. The van der Waals surface area contributed by atoms with E-state index in [1.165, 1.54) is 33.4 Å². The highest BCUT2D eigenvalue weighted by molar-refractivity contribution is 6.47. The zero-order valence-corrected chi connectivity index (χ0v) is 21.0. The molecule has 0 saturated carbocycles. The molecule has 175 valence electrons. The third-order valence-corrected chi connectivity index (χ3v) is 8.21. The maximum absolute atomic E-state index is 10.6. The van der Waals surface area contributed by atoms with Gasteiger partial charge in [0.1, 0.15) is 0 Å². The number of benzene rings is 4. The smallest absolute Gasteiger partial charge is 0.330 e. The van der Waals surface area contributed by atoms with Gasteiger partial charge in [-0.25, -0.2) is 0 Å². The van der Waals surface area contributed by atoms with Crippen LogP contribution in [0, 0.1) is 11.3 Å². The van der Waals surface area contributed by atoms with Crippen LogP contribution in [0.4, 0.5) is 0 Å². The van der Waals surface area contributed by atoms with Crippen LogP contribution in [-0.4, -0.2) is 23.8 Å². The van der Waals surface area contributed by atoms with Crippen molar-refractivity contribution < 1.29 is 9.76 Å². The lowest BCUT2D eigenvalue weighted by Crippen LogP contribution is -2.49. The van der Waals surface area contributed by atoms with E-state index < -0.39 is 16.6 Å². The van der Waals surface area contributed by atoms with E-state index in [1.54, 1.807) is 21.3 Å². The maximum Gasteiger partial charge on any atom is 0.330 e. The van der Waals surface area contributed by atoms with Crippen molar-refractivity contribution in [3.8, 4) is 28.3 Å². The number of rotatable bonds is 4. The van der Waals surface area contributed by atoms with Crippen molar-refractivity contribution >= 4 is 12.9 Å². The summed E-state index contributed by atoms with van der Waals surface area (Å²) in [6.07, 6.45) is 0. The van der Waals surface area contributed by atoms with Crippen molar-refractivity contribution in [3.05, 3.63) is 113 Å². The molecule has 1 spiro atoms. The summed E-state index contributed by atoms with van der Waals surface area (Å²) in [5, 5.41) is 20.3. The van der Waals surface area contributed by atoms with Crippen molar-refractivity contribution in [1.29, 1.82) is 5.26 Å². The quantitative estimate of drug-likeness (QED) is 0.337. The Kier molecular flexibility index (Phi) is 4.86. The first-order chi connectivity index (χ1) is 17.2. The molecule has 2 aliphatic rings. The Morgan fingerprint density at radius 3 is 1.83 bits per heavy atom. The summed E-state index contributed by atoms with van der Waals surface area (Å²) >= 11 is 0. The fraction of sp³-hybridized carbons (Fsp3) is 0.219. The number of hydrogen-bond acceptors (Lipinski definition) is 3. The highest BCUT2D eigenvalue weighted by atomic mass is 16.5. The Labute approximate surface area is 213 Å². The van der Waals surface area contributed by atoms with E-state index in [4.69, 9.17) is 4.65 Å². The fourth-order valence-electron chi connectivity index (χ4n) is 5.66. The lowest BCUT2D eigenvalue weighted by atomic mass is 9.69. The molecule has 6 rings (SSSR count). The van der Waals surface area contributed by atoms with Gasteiger partial charge in [-0.1, -0.05) is 78.3 Å². The molecule has 1 radical (unpaired) electrons. The minimum absolute atomic E-state index is 0.514. The molecule has 1 N–H and O–H groups in total. The highest BCUT2D eigenvalue weighted by Crippen LogP contribution is 2.62. The second-order valence-corrected chi connectivity index (χ2v) is 10.8. The lowest BCUT2D eigenvalue weighted by molar-refractivity contribution is -0.0893. The lowest BCUT2D eigenvalue weighted by Gasteiger charge is -2.37. The molecule has 0 saturated heterocycles. The first kappa shape index (κ1) is 22.8. The van der Waals surface area contributed by atoms with Crippen molar-refractivity contribution in [2.45, 2.75) is 44.3 Å². The van der Waals surface area contributed by atoms with Crippen molar-refractivity contribution in [3.63, 3.8) is 0 Å². The van der Waals surface area contributed by atoms with Gasteiger partial charge in [0.25, 0.3) is 0 Å². The molecule has 0 bridgehead atoms. The number of nitriles is 1. The zero-order valence-electron chi connectivity index (χ0n) is 21.0. The predicted molar refractivity (Wildman–Crippen MR) is 144 cm³/mol. The van der Waals surface area contributed by atoms with Gasteiger partial charge in [-0.2, -0.15) is 5.26 Å². The molecule has 0 aliphatic heterocycles. The molecule has 36 heavy (non-hydrogen) atoms. The standard InChI is InChI=1S/C32H27BNO2/c1-30(2,35)31(3,4)36-33-21-14-16-25-24-15-13-20(19-34)17-28(24)32(29(25)18-21)26-11-7-5-9-22(26)23-10-6-8-12-27(23)32/h5-18,35H,1-4H3. The topological polar surface area (TPSA) is 53.2 Å². The van der Waals surface area contributed by atoms with Crippen molar-refractivity contribution in [2.24, 2.45) is 0 Å². The molecule has 4 aromatic rings. The normalized spacial score (nSPS) is 14.6. The van der Waals surface area contributed by atoms with Gasteiger partial charge >= 0.3 is 7.48 Å². The molecule has 0 atom stereocenters. The average molecular weight is 468 g/mol. The van der Waals surface area contributed by atoms with Crippen LogP contribution < -0.4 is 5.46 Å². The summed E-state index contributed by atoms with van der Waals surface area (Å²) in [5.41, 5.74) is 8.87. The summed E-state index contributed by atoms with van der Waals surface area (Å²) in [7, 11) is 1.75. The minimum Gasteiger partial charge on any atom is -0.427 e. The first-order valence-electron chi connectivity index (χ1n) is 12.3. The van der Waals surface area contributed by atoms with Crippen LogP contribution in [0.15, 0.2) is 84.9 Å². The Morgan fingerprint density at radius 1 is 0.722 bits per heavy atom. The number of hydrogen-bond donors (Lipinski definition) is 1. The molecule has 4 aromatic carbocycles. The van der Waals surface area contributed by atoms with E-state index in [-0.39, 0.29) is 0 Å². The van der Waals surface area contributed by atoms with Crippen LogP contribution in [0.1, 0.15) is 55.5 Å². The van der Waals surface area contributed by atoms with E-state index in [9.17, 15) is 10.4 Å². The monoisotopic (exact) mass is 468 g/mol. The van der Waals surface area contributed by atoms with E-state index in [0.29, 0.717) is 5.56 Å². The van der Waals surface area contributed by atoms with Crippen molar-refractivity contribution in [1.82, 2.24) is 0 Å². The molecule has 0 heterocycles. The van der Waals surface area contributed by atoms with E-state index >= 15 is 0 Å². The van der Waals surface area contributed by atoms with Gasteiger partial charge in [-0.05, 0) is 84.3 Å². The van der Waals surface area contributed by atoms with Crippen molar-refractivity contribution in [2.75, 3.05) is 0 Å². The van der Waals surface area contributed by atoms with Gasteiger partial charge in [0.15, 0.2) is 0 Å². The molecule has 0 aromatic heterocycles. The molecular weight excluding hydrogens is 441 g/mol. The molecule has 3 nitrogen and oxygen atoms in total. The summed E-state index contributed by atoms with van der Waals surface area (Å²) < 4.78 is 6.13. The Hall–Kier alpha value is -3.65. The minimum atomic E-state index is -1.01. The average Bonchev–Trinajstić information content (AvgIpc) is 3.33. The zero-order chi connectivity index (χ0) is 25.3. The van der Waals surface area contributed by atoms with Crippen LogP contribution in [0.5, 0.6) is 0 Å². The molecule has 0 unspecified atom stereocenters. The molecule has 2 aliphatic carbocycles. The summed E-state index contributed by atoms with van der Waals surface area (Å²) in [5.74, 6) is 0. The fourth-order valence-corrected chi connectivity index (χ4v) is 5.66. The van der Waals surface area contributed by atoms with Gasteiger partial charge in [0.05, 0.1) is 28.2 Å². The van der Waals surface area contributed by atoms with Gasteiger partial charge in [0.2, 0.25) is 0 Å². The molecule has 0 fully saturated rings. The van der Waals surface area contributed by atoms with Crippen LogP contribution in [0.3, 0.4) is 0 Å². The van der Waals surface area contributed by atoms with E-state index in [0.717, 1.165) is 16.6 Å². The largest absolute Gasteiger partial charge is 0.427 e. The van der Waals surface area contributed by atoms with Gasteiger partial charge < -0.3 is 9.76 Å². The number of aliphatic hydroxyl groups is 1. The highest BCUT2D eigenvalue weighted by Gasteiger charge is 2.51. The Bertz CT molecular complexity index is 1530. The number of fused-ring (bicyclic) bond motifs is 10. The van der Waals surface area contributed by atoms with Gasteiger partial charge in [-0.15, -0.1) is 0 Å². The SMILES string of the molecule is CC(C)(O)C(C)(C)O[B]c1ccc2c(c1)C1(c3ccccc3-c3ccccc31)c1cc(C#N)ccc1-2. The second kappa shape index (κ2) is 7.67. The Balaban J connectivity index is 1.61. The molecular formula is C32H27BNO2. The molecule has 4 heteroatoms. The summed E-state index contributed by atoms with van der Waals surface area (Å²) in [4.78, 5) is 0. The number of nitrogens with zero attached hydrogens (tertiary/aromatic N) is 1. The maximum atomic E-state index is 10.6.